The molecule has 1 aromatic heterocycles. The second kappa shape index (κ2) is 4.37. The highest BCUT2D eigenvalue weighted by atomic mass is 32.1. The molecule has 0 atom stereocenters. The van der Waals surface area contributed by atoms with Crippen molar-refractivity contribution in [1.82, 2.24) is 9.36 Å². The maximum atomic E-state index is 11.1. The third kappa shape index (κ3) is 2.32. The molecule has 0 aliphatic rings. The first-order valence-electron chi connectivity index (χ1n) is 5.07. The Morgan fingerprint density at radius 2 is 2.06 bits per heavy atom. The first kappa shape index (κ1) is 12.9. The van der Waals surface area contributed by atoms with Gasteiger partial charge >= 0.3 is 5.97 Å². The van der Waals surface area contributed by atoms with E-state index in [1.54, 1.807) is 25.8 Å². The van der Waals surface area contributed by atoms with Crippen molar-refractivity contribution in [3.8, 4) is 0 Å². The maximum absolute atomic E-state index is 11.1. The standard InChI is InChI=1S/C10H17N3O2S/c1-6(2)7-11-9(16-12-7)13(5)10(3,4)8(14)15/h6H,1-5H3,(H,14,15). The van der Waals surface area contributed by atoms with Crippen LogP contribution >= 0.6 is 11.5 Å². The van der Waals surface area contributed by atoms with Crippen LogP contribution in [0.4, 0.5) is 5.13 Å². The topological polar surface area (TPSA) is 66.3 Å². The van der Waals surface area contributed by atoms with Gasteiger partial charge in [-0.1, -0.05) is 13.8 Å². The molecule has 1 heterocycles. The highest BCUT2D eigenvalue weighted by Crippen LogP contribution is 2.26. The van der Waals surface area contributed by atoms with Crippen LogP contribution in [0, 0.1) is 0 Å². The molecule has 1 aromatic rings. The predicted octanol–water partition coefficient (Wildman–Crippen LogP) is 1.96. The molecular weight excluding hydrogens is 226 g/mol. The summed E-state index contributed by atoms with van der Waals surface area (Å²) in [7, 11) is 1.72. The minimum Gasteiger partial charge on any atom is -0.480 e. The van der Waals surface area contributed by atoms with Gasteiger partial charge in [-0.3, -0.25) is 0 Å². The Morgan fingerprint density at radius 1 is 1.50 bits per heavy atom. The summed E-state index contributed by atoms with van der Waals surface area (Å²) in [5.41, 5.74) is -0.978. The summed E-state index contributed by atoms with van der Waals surface area (Å²) in [5, 5.41) is 9.74. The van der Waals surface area contributed by atoms with Gasteiger partial charge < -0.3 is 10.0 Å². The molecule has 1 N–H and O–H groups in total. The van der Waals surface area contributed by atoms with Crippen molar-refractivity contribution in [3.05, 3.63) is 5.82 Å². The van der Waals surface area contributed by atoms with E-state index in [0.717, 1.165) is 5.82 Å². The van der Waals surface area contributed by atoms with Gasteiger partial charge in [0.1, 0.15) is 11.4 Å². The van der Waals surface area contributed by atoms with Crippen molar-refractivity contribution in [2.24, 2.45) is 0 Å². The van der Waals surface area contributed by atoms with Crippen LogP contribution in [-0.4, -0.2) is 33.0 Å². The molecule has 0 radical (unpaired) electrons. The van der Waals surface area contributed by atoms with E-state index in [4.69, 9.17) is 5.11 Å². The average molecular weight is 243 g/mol. The van der Waals surface area contributed by atoms with Crippen LogP contribution in [0.25, 0.3) is 0 Å². The van der Waals surface area contributed by atoms with E-state index < -0.39 is 11.5 Å². The molecule has 0 amide bonds. The van der Waals surface area contributed by atoms with Gasteiger partial charge in [0.15, 0.2) is 0 Å². The summed E-state index contributed by atoms with van der Waals surface area (Å²) >= 11 is 1.23. The van der Waals surface area contributed by atoms with Crippen LogP contribution in [0.15, 0.2) is 0 Å². The van der Waals surface area contributed by atoms with Crippen molar-refractivity contribution in [2.75, 3.05) is 11.9 Å². The van der Waals surface area contributed by atoms with Crippen molar-refractivity contribution in [2.45, 2.75) is 39.2 Å². The largest absolute Gasteiger partial charge is 0.480 e. The van der Waals surface area contributed by atoms with Gasteiger partial charge in [0.2, 0.25) is 5.13 Å². The molecule has 0 unspecified atom stereocenters. The van der Waals surface area contributed by atoms with Crippen LogP contribution in [0.5, 0.6) is 0 Å². The van der Waals surface area contributed by atoms with E-state index in [-0.39, 0.29) is 5.92 Å². The van der Waals surface area contributed by atoms with Crippen molar-refractivity contribution in [1.29, 1.82) is 0 Å². The van der Waals surface area contributed by atoms with E-state index in [0.29, 0.717) is 5.13 Å². The number of carboxylic acids is 1. The molecule has 0 spiro atoms. The third-order valence-electron chi connectivity index (χ3n) is 2.60. The summed E-state index contributed by atoms with van der Waals surface area (Å²) in [5.74, 6) is 0.135. The first-order valence-corrected chi connectivity index (χ1v) is 5.85. The maximum Gasteiger partial charge on any atom is 0.329 e. The Labute approximate surface area is 99.3 Å². The molecule has 0 saturated carbocycles. The van der Waals surface area contributed by atoms with Crippen molar-refractivity contribution < 1.29 is 9.90 Å². The fourth-order valence-corrected chi connectivity index (χ4v) is 1.89. The molecule has 0 saturated heterocycles. The number of hydrogen-bond acceptors (Lipinski definition) is 5. The lowest BCUT2D eigenvalue weighted by atomic mass is 10.1. The number of carbonyl (C=O) groups is 1. The molecule has 5 nitrogen and oxygen atoms in total. The first-order chi connectivity index (χ1) is 7.26. The minimum atomic E-state index is -0.978. The number of aliphatic carboxylic acids is 1. The molecule has 16 heavy (non-hydrogen) atoms. The fraction of sp³-hybridized carbons (Fsp3) is 0.700. The van der Waals surface area contributed by atoms with E-state index in [1.165, 1.54) is 11.5 Å². The van der Waals surface area contributed by atoms with Crippen LogP contribution in [0.1, 0.15) is 39.4 Å². The zero-order valence-corrected chi connectivity index (χ0v) is 11.0. The number of rotatable bonds is 4. The Hall–Kier alpha value is -1.17. The molecule has 90 valence electrons. The molecular formula is C10H17N3O2S. The molecule has 6 heteroatoms. The van der Waals surface area contributed by atoms with E-state index in [2.05, 4.69) is 9.36 Å². The zero-order chi connectivity index (χ0) is 12.5. The van der Waals surface area contributed by atoms with E-state index >= 15 is 0 Å². The minimum absolute atomic E-state index is 0.256. The number of nitrogens with zero attached hydrogens (tertiary/aromatic N) is 3. The molecule has 0 aliphatic carbocycles. The fourth-order valence-electron chi connectivity index (χ4n) is 0.980. The second-order valence-corrected chi connectivity index (χ2v) is 5.24. The normalized spacial score (nSPS) is 11.9. The lowest BCUT2D eigenvalue weighted by Gasteiger charge is -2.30. The Bertz CT molecular complexity index is 387. The lowest BCUT2D eigenvalue weighted by Crippen LogP contribution is -2.48. The lowest BCUT2D eigenvalue weighted by molar-refractivity contribution is -0.142. The second-order valence-electron chi connectivity index (χ2n) is 4.51. The van der Waals surface area contributed by atoms with Gasteiger partial charge in [-0.2, -0.15) is 4.37 Å². The molecule has 0 bridgehead atoms. The summed E-state index contributed by atoms with van der Waals surface area (Å²) in [6, 6.07) is 0. The van der Waals surface area contributed by atoms with E-state index in [9.17, 15) is 4.79 Å². The summed E-state index contributed by atoms with van der Waals surface area (Å²) in [4.78, 5) is 17.1. The van der Waals surface area contributed by atoms with Gasteiger partial charge in [-0.05, 0) is 13.8 Å². The monoisotopic (exact) mass is 243 g/mol. The van der Waals surface area contributed by atoms with Crippen LogP contribution in [0.2, 0.25) is 0 Å². The summed E-state index contributed by atoms with van der Waals surface area (Å²) < 4.78 is 4.21. The summed E-state index contributed by atoms with van der Waals surface area (Å²) in [6.45, 7) is 7.31. The van der Waals surface area contributed by atoms with Crippen LogP contribution in [-0.2, 0) is 4.79 Å². The quantitative estimate of drug-likeness (QED) is 0.875. The van der Waals surface area contributed by atoms with Crippen LogP contribution in [0.3, 0.4) is 0 Å². The number of likely N-dealkylation sites (N-methyl/N-ethyl adjacent to an activating group) is 1. The Balaban J connectivity index is 2.96. The highest BCUT2D eigenvalue weighted by molar-refractivity contribution is 7.09. The van der Waals surface area contributed by atoms with Gasteiger partial charge in [-0.15, -0.1) is 0 Å². The average Bonchev–Trinajstić information content (AvgIpc) is 2.64. The predicted molar refractivity (Wildman–Crippen MR) is 64.1 cm³/mol. The molecule has 0 aliphatic heterocycles. The Morgan fingerprint density at radius 3 is 2.44 bits per heavy atom. The number of carboxylic acid groups (broad SMARTS) is 1. The SMILES string of the molecule is CC(C)c1nsc(N(C)C(C)(C)C(=O)O)n1. The number of hydrogen-bond donors (Lipinski definition) is 1. The highest BCUT2D eigenvalue weighted by Gasteiger charge is 2.34. The van der Waals surface area contributed by atoms with Gasteiger partial charge in [-0.25, -0.2) is 9.78 Å². The van der Waals surface area contributed by atoms with Gasteiger partial charge in [0.05, 0.1) is 0 Å². The van der Waals surface area contributed by atoms with Crippen LogP contribution < -0.4 is 4.90 Å². The zero-order valence-electron chi connectivity index (χ0n) is 10.2. The molecule has 0 aromatic carbocycles. The number of aromatic nitrogens is 2. The Kier molecular flexibility index (Phi) is 3.52. The van der Waals surface area contributed by atoms with Crippen molar-refractivity contribution in [3.63, 3.8) is 0 Å². The molecule has 0 fully saturated rings. The smallest absolute Gasteiger partial charge is 0.329 e. The van der Waals surface area contributed by atoms with Gasteiger partial charge in [0, 0.05) is 24.5 Å². The third-order valence-corrected chi connectivity index (χ3v) is 3.40. The van der Waals surface area contributed by atoms with Crippen molar-refractivity contribution >= 4 is 22.6 Å². The molecule has 1 rings (SSSR count). The van der Waals surface area contributed by atoms with E-state index in [1.807, 2.05) is 13.8 Å². The van der Waals surface area contributed by atoms with Gasteiger partial charge in [0.25, 0.3) is 0 Å². The number of anilines is 1. The summed E-state index contributed by atoms with van der Waals surface area (Å²) in [6.07, 6.45) is 0.